The lowest BCUT2D eigenvalue weighted by Gasteiger charge is -2.20. The Morgan fingerprint density at radius 1 is 0.971 bits per heavy atom. The minimum absolute atomic E-state index is 0.129. The van der Waals surface area contributed by atoms with Crippen molar-refractivity contribution in [2.45, 2.75) is 38.1 Å². The van der Waals surface area contributed by atoms with Gasteiger partial charge in [-0.25, -0.2) is 18.1 Å². The summed E-state index contributed by atoms with van der Waals surface area (Å²) in [5.74, 6) is -0.313. The molecule has 0 spiro atoms. The largest absolute Gasteiger partial charge is 0.322 e. The molecule has 2 heterocycles. The first-order chi connectivity index (χ1) is 16.0. The van der Waals surface area contributed by atoms with Crippen molar-refractivity contribution in [3.8, 4) is 11.3 Å². The molecule has 1 amide bonds. The van der Waals surface area contributed by atoms with Crippen LogP contribution in [-0.2, 0) is 10.0 Å². The lowest BCUT2D eigenvalue weighted by molar-refractivity contribution is 0.102. The predicted molar refractivity (Wildman–Crippen MR) is 134 cm³/mol. The number of nitrogens with zero attached hydrogens (tertiary/aromatic N) is 2. The predicted octanol–water partition coefficient (Wildman–Crippen LogP) is 4.93. The quantitative estimate of drug-likeness (QED) is 0.427. The third-order valence-corrected chi connectivity index (χ3v) is 6.80. The number of fused-ring (bicyclic) bond motifs is 1. The zero-order chi connectivity index (χ0) is 24.5. The van der Waals surface area contributed by atoms with Crippen LogP contribution >= 0.6 is 0 Å². The molecule has 0 fully saturated rings. The van der Waals surface area contributed by atoms with Crippen LogP contribution in [0, 0.1) is 6.92 Å². The maximum absolute atomic E-state index is 13.3. The van der Waals surface area contributed by atoms with Gasteiger partial charge in [0.2, 0.25) is 10.0 Å². The van der Waals surface area contributed by atoms with E-state index in [9.17, 15) is 13.2 Å². The topological polar surface area (TPSA) is 101 Å². The summed E-state index contributed by atoms with van der Waals surface area (Å²) >= 11 is 0. The van der Waals surface area contributed by atoms with Crippen LogP contribution < -0.4 is 10.0 Å². The van der Waals surface area contributed by atoms with Crippen LogP contribution in [0.15, 0.2) is 78.0 Å². The number of aromatic nitrogens is 2. The van der Waals surface area contributed by atoms with E-state index in [0.717, 1.165) is 16.5 Å². The minimum Gasteiger partial charge on any atom is -0.322 e. The summed E-state index contributed by atoms with van der Waals surface area (Å²) < 4.78 is 27.7. The maximum Gasteiger partial charge on any atom is 0.256 e. The summed E-state index contributed by atoms with van der Waals surface area (Å²) in [7, 11) is -3.66. The second kappa shape index (κ2) is 8.96. The van der Waals surface area contributed by atoms with Crippen LogP contribution in [0.1, 0.15) is 36.7 Å². The fraction of sp³-hybridized carbons (Fsp3) is 0.192. The number of benzene rings is 2. The zero-order valence-electron chi connectivity index (χ0n) is 19.5. The standard InChI is InChI=1S/C26H26N4O3S/c1-17-7-12-23-21(14-17)22(15-24(29-23)18-6-5-13-27-16-18)25(31)28-19-8-10-20(11-9-19)34(32,33)30-26(2,3)4/h5-16,30H,1-4H3,(H,28,31). The first kappa shape index (κ1) is 23.5. The average molecular weight is 475 g/mol. The average Bonchev–Trinajstić information content (AvgIpc) is 2.77. The zero-order valence-corrected chi connectivity index (χ0v) is 20.3. The van der Waals surface area contributed by atoms with E-state index >= 15 is 0 Å². The maximum atomic E-state index is 13.3. The van der Waals surface area contributed by atoms with Crippen molar-refractivity contribution < 1.29 is 13.2 Å². The van der Waals surface area contributed by atoms with Crippen LogP contribution in [-0.4, -0.2) is 29.8 Å². The lowest BCUT2D eigenvalue weighted by Crippen LogP contribution is -2.40. The van der Waals surface area contributed by atoms with Gasteiger partial charge in [0.1, 0.15) is 0 Å². The second-order valence-corrected chi connectivity index (χ2v) is 10.8. The highest BCUT2D eigenvalue weighted by Crippen LogP contribution is 2.26. The molecule has 34 heavy (non-hydrogen) atoms. The molecule has 0 radical (unpaired) electrons. The number of sulfonamides is 1. The van der Waals surface area contributed by atoms with Crippen LogP contribution in [0.5, 0.6) is 0 Å². The van der Waals surface area contributed by atoms with Gasteiger partial charge >= 0.3 is 0 Å². The van der Waals surface area contributed by atoms with Crippen molar-refractivity contribution in [1.29, 1.82) is 0 Å². The fourth-order valence-corrected chi connectivity index (χ4v) is 4.99. The van der Waals surface area contributed by atoms with E-state index < -0.39 is 15.6 Å². The molecule has 2 aromatic carbocycles. The van der Waals surface area contributed by atoms with Gasteiger partial charge in [0.05, 0.1) is 21.7 Å². The summed E-state index contributed by atoms with van der Waals surface area (Å²) in [5.41, 5.74) is 3.52. The van der Waals surface area contributed by atoms with Crippen LogP contribution in [0.4, 0.5) is 5.69 Å². The van der Waals surface area contributed by atoms with Gasteiger partial charge in [-0.1, -0.05) is 11.6 Å². The number of hydrogen-bond acceptors (Lipinski definition) is 5. The molecular weight excluding hydrogens is 448 g/mol. The number of anilines is 1. The molecule has 2 N–H and O–H groups in total. The SMILES string of the molecule is Cc1ccc2nc(-c3cccnc3)cc(C(=O)Nc3ccc(S(=O)(=O)NC(C)(C)C)cc3)c2c1. The fourth-order valence-electron chi connectivity index (χ4n) is 3.57. The summed E-state index contributed by atoms with van der Waals surface area (Å²) in [5, 5.41) is 3.61. The Morgan fingerprint density at radius 2 is 1.71 bits per heavy atom. The highest BCUT2D eigenvalue weighted by Gasteiger charge is 2.22. The normalized spacial score (nSPS) is 12.0. The Hall–Kier alpha value is -3.62. The Morgan fingerprint density at radius 3 is 2.35 bits per heavy atom. The number of carbonyl (C=O) groups excluding carboxylic acids is 1. The number of pyridine rings is 2. The van der Waals surface area contributed by atoms with Crippen molar-refractivity contribution in [3.63, 3.8) is 0 Å². The van der Waals surface area contributed by atoms with Gasteiger partial charge in [0, 0.05) is 34.6 Å². The molecule has 0 saturated heterocycles. The van der Waals surface area contributed by atoms with E-state index in [1.165, 1.54) is 12.1 Å². The number of aryl methyl sites for hydroxylation is 1. The van der Waals surface area contributed by atoms with Gasteiger partial charge in [0.25, 0.3) is 5.91 Å². The molecule has 0 aliphatic carbocycles. The van der Waals surface area contributed by atoms with Gasteiger partial charge in [-0.2, -0.15) is 0 Å². The van der Waals surface area contributed by atoms with Crippen molar-refractivity contribution in [2.24, 2.45) is 0 Å². The third kappa shape index (κ3) is 5.30. The van der Waals surface area contributed by atoms with Gasteiger partial charge in [-0.3, -0.25) is 9.78 Å². The van der Waals surface area contributed by atoms with Gasteiger partial charge in [-0.15, -0.1) is 0 Å². The Bertz CT molecular complexity index is 1460. The molecule has 0 unspecified atom stereocenters. The lowest BCUT2D eigenvalue weighted by atomic mass is 10.0. The molecule has 0 bridgehead atoms. The summed E-state index contributed by atoms with van der Waals surface area (Å²) in [6, 6.07) is 17.3. The van der Waals surface area contributed by atoms with Gasteiger partial charge in [-0.05, 0) is 82.3 Å². The molecule has 2 aromatic heterocycles. The van der Waals surface area contributed by atoms with Crippen molar-refractivity contribution >= 4 is 32.5 Å². The van der Waals surface area contributed by atoms with Gasteiger partial charge < -0.3 is 5.32 Å². The Balaban J connectivity index is 1.67. The van der Waals surface area contributed by atoms with Crippen molar-refractivity contribution in [1.82, 2.24) is 14.7 Å². The first-order valence-corrected chi connectivity index (χ1v) is 12.3. The highest BCUT2D eigenvalue weighted by atomic mass is 32.2. The summed E-state index contributed by atoms with van der Waals surface area (Å²) in [6.45, 7) is 7.29. The van der Waals surface area contributed by atoms with Crippen LogP contribution in [0.25, 0.3) is 22.2 Å². The minimum atomic E-state index is -3.66. The smallest absolute Gasteiger partial charge is 0.256 e. The number of amides is 1. The van der Waals surface area contributed by atoms with Crippen LogP contribution in [0.2, 0.25) is 0 Å². The molecule has 0 saturated carbocycles. The Labute approximate surface area is 199 Å². The molecule has 0 aliphatic heterocycles. The molecule has 0 atom stereocenters. The van der Waals surface area contributed by atoms with E-state index in [2.05, 4.69) is 15.0 Å². The van der Waals surface area contributed by atoms with E-state index in [1.807, 2.05) is 37.3 Å². The van der Waals surface area contributed by atoms with E-state index in [4.69, 9.17) is 4.98 Å². The molecule has 8 heteroatoms. The van der Waals surface area contributed by atoms with Crippen molar-refractivity contribution in [3.05, 3.63) is 84.2 Å². The summed E-state index contributed by atoms with van der Waals surface area (Å²) in [6.07, 6.45) is 3.39. The molecule has 174 valence electrons. The molecule has 4 aromatic rings. The highest BCUT2D eigenvalue weighted by molar-refractivity contribution is 7.89. The molecule has 0 aliphatic rings. The second-order valence-electron chi connectivity index (χ2n) is 9.15. The Kier molecular flexibility index (Phi) is 6.20. The van der Waals surface area contributed by atoms with E-state index in [0.29, 0.717) is 22.5 Å². The number of hydrogen-bond donors (Lipinski definition) is 2. The number of carbonyl (C=O) groups is 1. The first-order valence-electron chi connectivity index (χ1n) is 10.8. The van der Waals surface area contributed by atoms with Crippen LogP contribution in [0.3, 0.4) is 0 Å². The van der Waals surface area contributed by atoms with Gasteiger partial charge in [0.15, 0.2) is 0 Å². The summed E-state index contributed by atoms with van der Waals surface area (Å²) in [4.78, 5) is 22.3. The molecule has 7 nitrogen and oxygen atoms in total. The third-order valence-electron chi connectivity index (χ3n) is 5.03. The molecular formula is C26H26N4O3S. The van der Waals surface area contributed by atoms with Crippen molar-refractivity contribution in [2.75, 3.05) is 5.32 Å². The van der Waals surface area contributed by atoms with E-state index in [1.54, 1.807) is 51.4 Å². The molecule has 4 rings (SSSR count). The van der Waals surface area contributed by atoms with E-state index in [-0.39, 0.29) is 10.8 Å². The number of rotatable bonds is 5. The number of nitrogens with one attached hydrogen (secondary N) is 2. The monoisotopic (exact) mass is 474 g/mol.